The van der Waals surface area contributed by atoms with Gasteiger partial charge in [0.15, 0.2) is 0 Å². The molecule has 0 atom stereocenters. The summed E-state index contributed by atoms with van der Waals surface area (Å²) in [5, 5.41) is 8.58. The lowest BCUT2D eigenvalue weighted by atomic mass is 10.1. The number of anilines is 2. The van der Waals surface area contributed by atoms with Crippen molar-refractivity contribution in [1.82, 2.24) is 10.2 Å². The number of nitrogens with one attached hydrogen (secondary N) is 2. The van der Waals surface area contributed by atoms with E-state index in [2.05, 4.69) is 27.4 Å². The number of nitrogens with zero attached hydrogens (tertiary/aromatic N) is 2. The summed E-state index contributed by atoms with van der Waals surface area (Å²) < 4.78 is 45.2. The van der Waals surface area contributed by atoms with Crippen molar-refractivity contribution in [1.29, 1.82) is 0 Å². The first-order chi connectivity index (χ1) is 17.8. The van der Waals surface area contributed by atoms with E-state index < -0.39 is 11.7 Å². The highest BCUT2D eigenvalue weighted by molar-refractivity contribution is 7.17. The Morgan fingerprint density at radius 1 is 1.05 bits per heavy atom. The largest absolute Gasteiger partial charge is 0.494 e. The van der Waals surface area contributed by atoms with Crippen LogP contribution >= 0.6 is 11.3 Å². The maximum Gasteiger partial charge on any atom is 0.416 e. The van der Waals surface area contributed by atoms with Crippen LogP contribution in [0.1, 0.15) is 31.7 Å². The fourth-order valence-corrected chi connectivity index (χ4v) is 5.35. The lowest BCUT2D eigenvalue weighted by Crippen LogP contribution is -2.46. The van der Waals surface area contributed by atoms with Crippen molar-refractivity contribution in [3.05, 3.63) is 53.4 Å². The van der Waals surface area contributed by atoms with Gasteiger partial charge in [-0.25, -0.2) is 4.79 Å². The molecule has 200 valence electrons. The van der Waals surface area contributed by atoms with Gasteiger partial charge < -0.3 is 20.3 Å². The van der Waals surface area contributed by atoms with E-state index in [1.54, 1.807) is 6.07 Å². The number of ether oxygens (including phenoxy) is 1. The molecule has 2 heterocycles. The summed E-state index contributed by atoms with van der Waals surface area (Å²) in [4.78, 5) is 16.8. The zero-order valence-corrected chi connectivity index (χ0v) is 21.8. The van der Waals surface area contributed by atoms with Crippen molar-refractivity contribution in [3.63, 3.8) is 0 Å². The third-order valence-electron chi connectivity index (χ3n) is 6.37. The highest BCUT2D eigenvalue weighted by Gasteiger charge is 2.31. The summed E-state index contributed by atoms with van der Waals surface area (Å²) in [5.41, 5.74) is 1.14. The number of carbonyl (C=O) groups excluding carboxylic acids is 1. The van der Waals surface area contributed by atoms with Crippen LogP contribution in [-0.2, 0) is 6.18 Å². The summed E-state index contributed by atoms with van der Waals surface area (Å²) in [6.45, 7) is 7.78. The molecule has 0 spiro atoms. The van der Waals surface area contributed by atoms with Crippen molar-refractivity contribution in [2.45, 2.75) is 32.4 Å². The van der Waals surface area contributed by atoms with Crippen molar-refractivity contribution in [2.24, 2.45) is 0 Å². The van der Waals surface area contributed by atoms with E-state index >= 15 is 0 Å². The number of hydrogen-bond acceptors (Lipinski definition) is 5. The van der Waals surface area contributed by atoms with Crippen molar-refractivity contribution < 1.29 is 22.7 Å². The molecule has 0 unspecified atom stereocenters. The van der Waals surface area contributed by atoms with E-state index in [1.807, 2.05) is 29.6 Å². The molecule has 0 aliphatic carbocycles. The van der Waals surface area contributed by atoms with Crippen LogP contribution in [0.15, 0.2) is 47.8 Å². The van der Waals surface area contributed by atoms with Crippen LogP contribution in [0, 0.1) is 0 Å². The summed E-state index contributed by atoms with van der Waals surface area (Å²) in [6, 6.07) is 11.1. The Hall–Kier alpha value is -2.98. The molecular formula is C27H33F3N4O2S. The van der Waals surface area contributed by atoms with Gasteiger partial charge in [-0.2, -0.15) is 13.2 Å². The zero-order valence-electron chi connectivity index (χ0n) is 20.9. The average Bonchev–Trinajstić information content (AvgIpc) is 3.31. The molecule has 37 heavy (non-hydrogen) atoms. The highest BCUT2D eigenvalue weighted by atomic mass is 32.1. The van der Waals surface area contributed by atoms with Crippen molar-refractivity contribution in [2.75, 3.05) is 56.1 Å². The van der Waals surface area contributed by atoms with Gasteiger partial charge in [0.1, 0.15) is 5.75 Å². The first kappa shape index (κ1) is 27.1. The molecule has 1 aliphatic rings. The van der Waals surface area contributed by atoms with E-state index in [0.717, 1.165) is 74.5 Å². The predicted molar refractivity (Wildman–Crippen MR) is 144 cm³/mol. The smallest absolute Gasteiger partial charge is 0.416 e. The topological polar surface area (TPSA) is 56.8 Å². The van der Waals surface area contributed by atoms with Gasteiger partial charge in [0, 0.05) is 53.9 Å². The van der Waals surface area contributed by atoms with Gasteiger partial charge in [-0.05, 0) is 62.2 Å². The highest BCUT2D eigenvalue weighted by Crippen LogP contribution is 2.38. The molecule has 1 aliphatic heterocycles. The lowest BCUT2D eigenvalue weighted by Gasteiger charge is -2.36. The monoisotopic (exact) mass is 534 g/mol. The molecule has 1 aromatic heterocycles. The quantitative estimate of drug-likeness (QED) is 0.294. The van der Waals surface area contributed by atoms with Gasteiger partial charge >= 0.3 is 12.2 Å². The second-order valence-electron chi connectivity index (χ2n) is 9.12. The van der Waals surface area contributed by atoms with Crippen LogP contribution in [0.5, 0.6) is 5.75 Å². The van der Waals surface area contributed by atoms with E-state index in [0.29, 0.717) is 17.9 Å². The second kappa shape index (κ2) is 12.5. The normalized spacial score (nSPS) is 14.6. The number of hydrogen-bond donors (Lipinski definition) is 2. The van der Waals surface area contributed by atoms with Crippen LogP contribution in [-0.4, -0.2) is 56.8 Å². The number of halogens is 3. The lowest BCUT2D eigenvalue weighted by molar-refractivity contribution is -0.137. The molecule has 4 rings (SSSR count). The Morgan fingerprint density at radius 2 is 1.81 bits per heavy atom. The number of carbonyl (C=O) groups is 1. The Bertz CT molecular complexity index is 1160. The third-order valence-corrected chi connectivity index (χ3v) is 7.30. The molecular weight excluding hydrogens is 501 g/mol. The zero-order chi connectivity index (χ0) is 26.3. The molecule has 0 radical (unpaired) electrons. The third kappa shape index (κ3) is 7.52. The SMILES string of the molecule is CCCOc1ccc(NC(=O)NCCCCN2CCN(c3csc4cc(C(F)(F)F)ccc34)CC2)cc1. The van der Waals surface area contributed by atoms with Crippen molar-refractivity contribution >= 4 is 38.8 Å². The molecule has 0 bridgehead atoms. The van der Waals surface area contributed by atoms with E-state index in [9.17, 15) is 18.0 Å². The Balaban J connectivity index is 1.13. The number of amides is 2. The van der Waals surface area contributed by atoms with Crippen LogP contribution in [0.2, 0.25) is 0 Å². The fourth-order valence-electron chi connectivity index (χ4n) is 4.34. The first-order valence-electron chi connectivity index (χ1n) is 12.7. The second-order valence-corrected chi connectivity index (χ2v) is 10.0. The number of piperazine rings is 1. The molecule has 1 fully saturated rings. The van der Waals surface area contributed by atoms with Gasteiger partial charge in [-0.1, -0.05) is 13.0 Å². The summed E-state index contributed by atoms with van der Waals surface area (Å²) in [7, 11) is 0. The van der Waals surface area contributed by atoms with Gasteiger partial charge in [0.25, 0.3) is 0 Å². The Kier molecular flexibility index (Phi) is 9.15. The number of urea groups is 1. The van der Waals surface area contributed by atoms with E-state index in [1.165, 1.54) is 23.5 Å². The molecule has 6 nitrogen and oxygen atoms in total. The van der Waals surface area contributed by atoms with Gasteiger partial charge in [0.05, 0.1) is 17.9 Å². The molecule has 2 aromatic carbocycles. The number of rotatable bonds is 10. The average molecular weight is 535 g/mol. The Morgan fingerprint density at radius 3 is 2.51 bits per heavy atom. The number of benzene rings is 2. The molecule has 10 heteroatoms. The minimum Gasteiger partial charge on any atom is -0.494 e. The molecule has 3 aromatic rings. The minimum absolute atomic E-state index is 0.221. The van der Waals surface area contributed by atoms with Crippen LogP contribution in [0.3, 0.4) is 0 Å². The molecule has 2 amide bonds. The number of thiophene rings is 1. The van der Waals surface area contributed by atoms with Crippen LogP contribution in [0.4, 0.5) is 29.3 Å². The number of fused-ring (bicyclic) bond motifs is 1. The van der Waals surface area contributed by atoms with Gasteiger partial charge in [0.2, 0.25) is 0 Å². The van der Waals surface area contributed by atoms with E-state index in [-0.39, 0.29) is 6.03 Å². The maximum absolute atomic E-state index is 13.0. The molecule has 1 saturated heterocycles. The molecule has 2 N–H and O–H groups in total. The fraction of sp³-hybridized carbons (Fsp3) is 0.444. The summed E-state index contributed by atoms with van der Waals surface area (Å²) in [6.07, 6.45) is -1.51. The summed E-state index contributed by atoms with van der Waals surface area (Å²) in [5.74, 6) is 0.789. The van der Waals surface area contributed by atoms with Crippen LogP contribution in [0.25, 0.3) is 10.1 Å². The van der Waals surface area contributed by atoms with Gasteiger partial charge in [-0.3, -0.25) is 4.90 Å². The number of alkyl halides is 3. The summed E-state index contributed by atoms with van der Waals surface area (Å²) >= 11 is 1.36. The van der Waals surface area contributed by atoms with Gasteiger partial charge in [-0.15, -0.1) is 11.3 Å². The van der Waals surface area contributed by atoms with Crippen LogP contribution < -0.4 is 20.3 Å². The maximum atomic E-state index is 13.0. The first-order valence-corrected chi connectivity index (χ1v) is 13.5. The van der Waals surface area contributed by atoms with Crippen molar-refractivity contribution in [3.8, 4) is 5.75 Å². The van der Waals surface area contributed by atoms with E-state index in [4.69, 9.17) is 4.74 Å². The minimum atomic E-state index is -4.32. The molecule has 0 saturated carbocycles. The standard InChI is InChI=1S/C27H33F3N4O2S/c1-2-17-36-22-8-6-21(7-9-22)32-26(35)31-11-3-4-12-33-13-15-34(16-14-33)24-19-37-25-18-20(27(28,29)30)5-10-23(24)25/h5-10,18-19H,2-4,11-17H2,1H3,(H2,31,32,35). The predicted octanol–water partition coefficient (Wildman–Crippen LogP) is 6.43. The number of unbranched alkanes of at least 4 members (excludes halogenated alkanes) is 1. The Labute approximate surface area is 219 Å².